The Labute approximate surface area is 156 Å². The van der Waals surface area contributed by atoms with Gasteiger partial charge in [-0.3, -0.25) is 14.6 Å². The Morgan fingerprint density at radius 1 is 1.35 bits per heavy atom. The van der Waals surface area contributed by atoms with E-state index in [2.05, 4.69) is 19.2 Å². The zero-order valence-electron chi connectivity index (χ0n) is 16.6. The highest BCUT2D eigenvalue weighted by Gasteiger charge is 2.47. The Bertz CT molecular complexity index is 589. The fraction of sp³-hybridized carbons (Fsp3) is 0.850. The highest BCUT2D eigenvalue weighted by atomic mass is 16.5. The first-order chi connectivity index (χ1) is 12.2. The van der Waals surface area contributed by atoms with Crippen LogP contribution < -0.4 is 5.32 Å². The van der Waals surface area contributed by atoms with Crippen molar-refractivity contribution < 1.29 is 14.3 Å². The molecule has 6 heteroatoms. The summed E-state index contributed by atoms with van der Waals surface area (Å²) < 4.78 is 5.73. The predicted octanol–water partition coefficient (Wildman–Crippen LogP) is 2.52. The van der Waals surface area contributed by atoms with Gasteiger partial charge in [-0.2, -0.15) is 0 Å². The SMILES string of the molecule is CC(C)CCC1=NC2(CCN(C(=O)C3CCOC(C)(C)C3)CC2)C(=O)N1. The van der Waals surface area contributed by atoms with E-state index in [0.717, 1.165) is 31.5 Å². The lowest BCUT2D eigenvalue weighted by atomic mass is 9.84. The second-order valence-corrected chi connectivity index (χ2v) is 9.10. The van der Waals surface area contributed by atoms with Crippen LogP contribution in [-0.2, 0) is 14.3 Å². The fourth-order valence-electron chi connectivity index (χ4n) is 4.26. The van der Waals surface area contributed by atoms with Crippen molar-refractivity contribution in [3.05, 3.63) is 0 Å². The maximum absolute atomic E-state index is 12.9. The molecule has 0 aromatic rings. The number of nitrogens with zero attached hydrogens (tertiary/aromatic N) is 2. The van der Waals surface area contributed by atoms with Crippen LogP contribution in [0, 0.1) is 11.8 Å². The molecule has 3 heterocycles. The van der Waals surface area contributed by atoms with E-state index in [9.17, 15) is 9.59 Å². The molecule has 3 aliphatic rings. The third-order valence-corrected chi connectivity index (χ3v) is 5.94. The van der Waals surface area contributed by atoms with E-state index in [4.69, 9.17) is 9.73 Å². The molecule has 3 aliphatic heterocycles. The van der Waals surface area contributed by atoms with Crippen LogP contribution in [0.1, 0.15) is 66.2 Å². The van der Waals surface area contributed by atoms with Gasteiger partial charge in [0, 0.05) is 32.0 Å². The number of carbonyl (C=O) groups excluding carboxylic acids is 2. The highest BCUT2D eigenvalue weighted by Crippen LogP contribution is 2.34. The summed E-state index contributed by atoms with van der Waals surface area (Å²) in [4.78, 5) is 32.1. The molecule has 0 bridgehead atoms. The van der Waals surface area contributed by atoms with Gasteiger partial charge in [-0.05, 0) is 51.9 Å². The summed E-state index contributed by atoms with van der Waals surface area (Å²) in [6.45, 7) is 10.3. The molecule has 6 nitrogen and oxygen atoms in total. The Kier molecular flexibility index (Phi) is 5.42. The summed E-state index contributed by atoms with van der Waals surface area (Å²) in [6.07, 6.45) is 4.67. The molecular weight excluding hydrogens is 330 g/mol. The molecule has 1 spiro atoms. The van der Waals surface area contributed by atoms with Gasteiger partial charge in [-0.25, -0.2) is 0 Å². The summed E-state index contributed by atoms with van der Waals surface area (Å²) in [5.41, 5.74) is -0.866. The third-order valence-electron chi connectivity index (χ3n) is 5.94. The maximum atomic E-state index is 12.9. The lowest BCUT2D eigenvalue weighted by molar-refractivity contribution is -0.147. The van der Waals surface area contributed by atoms with Crippen LogP contribution in [0.4, 0.5) is 0 Å². The second kappa shape index (κ2) is 7.29. The van der Waals surface area contributed by atoms with Crippen molar-refractivity contribution >= 4 is 17.6 Å². The van der Waals surface area contributed by atoms with Crippen LogP contribution in [-0.4, -0.2) is 53.4 Å². The summed E-state index contributed by atoms with van der Waals surface area (Å²) in [5, 5.41) is 2.98. The Balaban J connectivity index is 1.58. The van der Waals surface area contributed by atoms with E-state index in [0.29, 0.717) is 38.5 Å². The van der Waals surface area contributed by atoms with Crippen molar-refractivity contribution in [2.45, 2.75) is 77.4 Å². The molecule has 26 heavy (non-hydrogen) atoms. The molecule has 0 aliphatic carbocycles. The largest absolute Gasteiger partial charge is 0.376 e. The fourth-order valence-corrected chi connectivity index (χ4v) is 4.26. The molecule has 0 aromatic heterocycles. The molecule has 146 valence electrons. The summed E-state index contributed by atoms with van der Waals surface area (Å²) in [6, 6.07) is 0. The van der Waals surface area contributed by atoms with Gasteiger partial charge in [0.05, 0.1) is 5.60 Å². The third kappa shape index (κ3) is 4.11. The predicted molar refractivity (Wildman–Crippen MR) is 101 cm³/mol. The smallest absolute Gasteiger partial charge is 0.253 e. The molecule has 1 unspecified atom stereocenters. The van der Waals surface area contributed by atoms with Crippen molar-refractivity contribution in [3.63, 3.8) is 0 Å². The highest BCUT2D eigenvalue weighted by molar-refractivity contribution is 6.08. The number of amidine groups is 1. The Morgan fingerprint density at radius 2 is 2.04 bits per heavy atom. The number of aliphatic imine (C=N–C) groups is 1. The van der Waals surface area contributed by atoms with Gasteiger partial charge in [0.15, 0.2) is 0 Å². The molecule has 1 atom stereocenters. The van der Waals surface area contributed by atoms with Crippen LogP contribution in [0.15, 0.2) is 4.99 Å². The van der Waals surface area contributed by atoms with Crippen LogP contribution in [0.25, 0.3) is 0 Å². The number of carbonyl (C=O) groups is 2. The minimum atomic E-state index is -0.641. The number of nitrogens with one attached hydrogen (secondary N) is 1. The average Bonchev–Trinajstić information content (AvgIpc) is 2.88. The Morgan fingerprint density at radius 3 is 2.65 bits per heavy atom. The second-order valence-electron chi connectivity index (χ2n) is 9.10. The molecule has 0 aromatic carbocycles. The van der Waals surface area contributed by atoms with E-state index in [-0.39, 0.29) is 23.3 Å². The van der Waals surface area contributed by atoms with Gasteiger partial charge < -0.3 is 15.0 Å². The van der Waals surface area contributed by atoms with E-state index in [1.807, 2.05) is 18.7 Å². The minimum Gasteiger partial charge on any atom is -0.376 e. The molecule has 0 saturated carbocycles. The van der Waals surface area contributed by atoms with Crippen LogP contribution >= 0.6 is 0 Å². The summed E-state index contributed by atoms with van der Waals surface area (Å²) in [5.74, 6) is 1.70. The van der Waals surface area contributed by atoms with Crippen LogP contribution in [0.3, 0.4) is 0 Å². The van der Waals surface area contributed by atoms with E-state index < -0.39 is 5.54 Å². The number of ether oxygens (including phenoxy) is 1. The van der Waals surface area contributed by atoms with Gasteiger partial charge in [-0.1, -0.05) is 13.8 Å². The van der Waals surface area contributed by atoms with Gasteiger partial charge in [-0.15, -0.1) is 0 Å². The number of likely N-dealkylation sites (tertiary alicyclic amines) is 1. The van der Waals surface area contributed by atoms with Gasteiger partial charge >= 0.3 is 0 Å². The number of hydrogen-bond acceptors (Lipinski definition) is 4. The van der Waals surface area contributed by atoms with Gasteiger partial charge in [0.2, 0.25) is 5.91 Å². The first-order valence-electron chi connectivity index (χ1n) is 10.0. The quantitative estimate of drug-likeness (QED) is 0.834. The summed E-state index contributed by atoms with van der Waals surface area (Å²) >= 11 is 0. The molecule has 0 radical (unpaired) electrons. The molecule has 3 rings (SSSR count). The standard InChI is InChI=1S/C20H33N3O3/c1-14(2)5-6-16-21-18(25)20(22-16)8-10-23(11-9-20)17(24)15-7-12-26-19(3,4)13-15/h14-15H,5-13H2,1-4H3,(H,21,22,25). The molecule has 2 saturated heterocycles. The topological polar surface area (TPSA) is 71.0 Å². The first kappa shape index (κ1) is 19.3. The van der Waals surface area contributed by atoms with Crippen molar-refractivity contribution in [3.8, 4) is 0 Å². The first-order valence-corrected chi connectivity index (χ1v) is 10.0. The lowest BCUT2D eigenvalue weighted by Gasteiger charge is -2.40. The number of hydrogen-bond donors (Lipinski definition) is 1. The average molecular weight is 364 g/mol. The van der Waals surface area contributed by atoms with E-state index in [1.165, 1.54) is 0 Å². The molecule has 1 N–H and O–H groups in total. The summed E-state index contributed by atoms with van der Waals surface area (Å²) in [7, 11) is 0. The molecule has 2 amide bonds. The minimum absolute atomic E-state index is 0.0237. The number of piperidine rings is 1. The maximum Gasteiger partial charge on any atom is 0.253 e. The zero-order chi connectivity index (χ0) is 18.9. The van der Waals surface area contributed by atoms with Crippen molar-refractivity contribution in [2.75, 3.05) is 19.7 Å². The van der Waals surface area contributed by atoms with Crippen LogP contribution in [0.5, 0.6) is 0 Å². The lowest BCUT2D eigenvalue weighted by Crippen LogP contribution is -2.52. The Hall–Kier alpha value is -1.43. The molecule has 2 fully saturated rings. The van der Waals surface area contributed by atoms with Crippen molar-refractivity contribution in [1.82, 2.24) is 10.2 Å². The normalized spacial score (nSPS) is 27.6. The monoisotopic (exact) mass is 363 g/mol. The van der Waals surface area contributed by atoms with E-state index >= 15 is 0 Å². The van der Waals surface area contributed by atoms with Gasteiger partial charge in [0.1, 0.15) is 11.4 Å². The van der Waals surface area contributed by atoms with Crippen molar-refractivity contribution in [2.24, 2.45) is 16.8 Å². The molecular formula is C20H33N3O3. The van der Waals surface area contributed by atoms with Gasteiger partial charge in [0.25, 0.3) is 5.91 Å². The van der Waals surface area contributed by atoms with Crippen molar-refractivity contribution in [1.29, 1.82) is 0 Å². The van der Waals surface area contributed by atoms with E-state index in [1.54, 1.807) is 0 Å². The van der Waals surface area contributed by atoms with Crippen LogP contribution in [0.2, 0.25) is 0 Å². The zero-order valence-corrected chi connectivity index (χ0v) is 16.6. The number of rotatable bonds is 4. The number of amides is 2.